The first-order valence-electron chi connectivity index (χ1n) is 11.8. The largest absolute Gasteiger partial charge is 0.497 e. The highest BCUT2D eigenvalue weighted by atomic mass is 19.1. The minimum atomic E-state index is -1.21. The molecule has 1 aromatic heterocycles. The van der Waals surface area contributed by atoms with Crippen LogP contribution in [0.2, 0.25) is 0 Å². The molecule has 0 saturated carbocycles. The third kappa shape index (κ3) is 6.27. The first-order valence-corrected chi connectivity index (χ1v) is 11.8. The first kappa shape index (κ1) is 26.6. The van der Waals surface area contributed by atoms with E-state index in [0.717, 1.165) is 36.5 Å². The van der Waals surface area contributed by atoms with E-state index in [1.165, 1.54) is 7.11 Å². The molecule has 0 aliphatic carbocycles. The molecule has 2 aromatic carbocycles. The molecule has 4 atom stereocenters. The van der Waals surface area contributed by atoms with E-state index < -0.39 is 54.3 Å². The highest BCUT2D eigenvalue weighted by molar-refractivity contribution is 5.92. The van der Waals surface area contributed by atoms with E-state index in [0.29, 0.717) is 29.5 Å². The molecule has 7 nitrogen and oxygen atoms in total. The molecule has 1 aliphatic heterocycles. The Hall–Kier alpha value is -3.47. The lowest BCUT2D eigenvalue weighted by molar-refractivity contribution is -0.126. The van der Waals surface area contributed by atoms with Crippen molar-refractivity contribution in [3.63, 3.8) is 0 Å². The molecular formula is C27H27F3N2O5. The number of ether oxygens (including phenoxy) is 2. The quantitative estimate of drug-likeness (QED) is 0.394. The fourth-order valence-electron chi connectivity index (χ4n) is 4.51. The third-order valence-corrected chi connectivity index (χ3v) is 6.38. The number of benzene rings is 2. The minimum absolute atomic E-state index is 0.0587. The summed E-state index contributed by atoms with van der Waals surface area (Å²) in [6.07, 6.45) is 1.71. The van der Waals surface area contributed by atoms with E-state index in [2.05, 4.69) is 10.3 Å². The molecule has 1 aliphatic rings. The van der Waals surface area contributed by atoms with E-state index in [9.17, 15) is 28.2 Å². The summed E-state index contributed by atoms with van der Waals surface area (Å²) < 4.78 is 52.9. The van der Waals surface area contributed by atoms with Crippen LogP contribution in [0, 0.1) is 17.5 Å². The smallest absolute Gasteiger partial charge is 0.244 e. The van der Waals surface area contributed by atoms with Gasteiger partial charge in [-0.25, -0.2) is 13.2 Å². The number of nitrogens with zero attached hydrogens (tertiary/aromatic N) is 1. The van der Waals surface area contributed by atoms with Crippen molar-refractivity contribution in [2.24, 2.45) is 0 Å². The van der Waals surface area contributed by atoms with Crippen molar-refractivity contribution in [2.45, 2.75) is 43.6 Å². The lowest BCUT2D eigenvalue weighted by Crippen LogP contribution is -2.50. The zero-order valence-corrected chi connectivity index (χ0v) is 20.0. The Kier molecular flexibility index (Phi) is 8.42. The van der Waals surface area contributed by atoms with Crippen LogP contribution in [0.15, 0.2) is 48.7 Å². The van der Waals surface area contributed by atoms with Gasteiger partial charge in [0.15, 0.2) is 0 Å². The number of halogens is 3. The Morgan fingerprint density at radius 1 is 1.22 bits per heavy atom. The van der Waals surface area contributed by atoms with Crippen LogP contribution in [0.25, 0.3) is 17.0 Å². The second kappa shape index (κ2) is 11.7. The van der Waals surface area contributed by atoms with Crippen LogP contribution in [0.4, 0.5) is 13.2 Å². The Labute approximate surface area is 211 Å². The Bertz CT molecular complexity index is 1300. The van der Waals surface area contributed by atoms with Gasteiger partial charge in [-0.3, -0.25) is 9.78 Å². The molecule has 2 heterocycles. The van der Waals surface area contributed by atoms with Gasteiger partial charge in [0.25, 0.3) is 0 Å². The van der Waals surface area contributed by atoms with Crippen LogP contribution < -0.4 is 10.1 Å². The maximum atomic E-state index is 14.7. The standard InChI is InChI=1S/C27H27F3N2O5/c1-36-17-4-7-22-19(11-17)27(21(30)13-31-22)24(34)12-18-5-8-23(25(14-33)37-18)32-26(35)9-2-15-10-16(28)3-6-20(15)29/h2-4,6-7,9-11,13,18,23-25,33-34H,5,8,12,14H2,1H3,(H,32,35)/b9-2+/t18-,23+,24-,25+/m0/s1. The van der Waals surface area contributed by atoms with Crippen molar-refractivity contribution in [1.82, 2.24) is 10.3 Å². The number of aromatic nitrogens is 1. The lowest BCUT2D eigenvalue weighted by Gasteiger charge is -2.36. The first-order chi connectivity index (χ1) is 17.8. The maximum Gasteiger partial charge on any atom is 0.244 e. The number of nitrogens with one attached hydrogen (secondary N) is 1. The fourth-order valence-corrected chi connectivity index (χ4v) is 4.51. The summed E-state index contributed by atoms with van der Waals surface area (Å²) in [7, 11) is 1.49. The minimum Gasteiger partial charge on any atom is -0.497 e. The number of hydrogen-bond acceptors (Lipinski definition) is 6. The van der Waals surface area contributed by atoms with Gasteiger partial charge >= 0.3 is 0 Å². The average molecular weight is 517 g/mol. The van der Waals surface area contributed by atoms with Gasteiger partial charge in [0.05, 0.1) is 43.7 Å². The van der Waals surface area contributed by atoms with Gasteiger partial charge in [-0.15, -0.1) is 0 Å². The predicted octanol–water partition coefficient (Wildman–Crippen LogP) is 3.82. The molecule has 0 radical (unpaired) electrons. The number of carbonyl (C=O) groups excluding carboxylic acids is 1. The molecule has 3 N–H and O–H groups in total. The van der Waals surface area contributed by atoms with Crippen LogP contribution >= 0.6 is 0 Å². The summed E-state index contributed by atoms with van der Waals surface area (Å²) in [5.74, 6) is -2.02. The Balaban J connectivity index is 1.40. The van der Waals surface area contributed by atoms with E-state index in [4.69, 9.17) is 9.47 Å². The van der Waals surface area contributed by atoms with Gasteiger partial charge in [-0.2, -0.15) is 0 Å². The Morgan fingerprint density at radius 3 is 2.78 bits per heavy atom. The number of aliphatic hydroxyl groups is 2. The van der Waals surface area contributed by atoms with E-state index in [1.807, 2.05) is 0 Å². The van der Waals surface area contributed by atoms with E-state index >= 15 is 0 Å². The van der Waals surface area contributed by atoms with Crippen molar-refractivity contribution in [2.75, 3.05) is 13.7 Å². The molecule has 1 amide bonds. The highest BCUT2D eigenvalue weighted by Crippen LogP contribution is 2.33. The molecule has 1 saturated heterocycles. The Morgan fingerprint density at radius 2 is 2.03 bits per heavy atom. The molecule has 1 fully saturated rings. The van der Waals surface area contributed by atoms with Gasteiger partial charge < -0.3 is 25.0 Å². The number of hydrogen-bond donors (Lipinski definition) is 3. The van der Waals surface area contributed by atoms with Crippen molar-refractivity contribution in [1.29, 1.82) is 0 Å². The van der Waals surface area contributed by atoms with Crippen LogP contribution in [0.3, 0.4) is 0 Å². The normalized spacial score (nSPS) is 20.8. The van der Waals surface area contributed by atoms with Gasteiger partial charge in [-0.1, -0.05) is 0 Å². The summed E-state index contributed by atoms with van der Waals surface area (Å²) in [6.45, 7) is -0.399. The molecule has 37 heavy (non-hydrogen) atoms. The van der Waals surface area contributed by atoms with Gasteiger partial charge in [-0.05, 0) is 55.3 Å². The summed E-state index contributed by atoms with van der Waals surface area (Å²) in [5, 5.41) is 23.9. The number of carbonyl (C=O) groups is 1. The average Bonchev–Trinajstić information content (AvgIpc) is 2.89. The van der Waals surface area contributed by atoms with Crippen LogP contribution in [-0.2, 0) is 9.53 Å². The molecule has 0 unspecified atom stereocenters. The van der Waals surface area contributed by atoms with Crippen molar-refractivity contribution in [3.05, 3.63) is 77.2 Å². The van der Waals surface area contributed by atoms with Crippen LogP contribution in [-0.4, -0.2) is 53.1 Å². The van der Waals surface area contributed by atoms with Crippen molar-refractivity contribution in [3.8, 4) is 5.75 Å². The van der Waals surface area contributed by atoms with Crippen LogP contribution in [0.5, 0.6) is 5.75 Å². The predicted molar refractivity (Wildman–Crippen MR) is 130 cm³/mol. The topological polar surface area (TPSA) is 101 Å². The summed E-state index contributed by atoms with van der Waals surface area (Å²) in [4.78, 5) is 16.4. The summed E-state index contributed by atoms with van der Waals surface area (Å²) >= 11 is 0. The SMILES string of the molecule is COc1ccc2ncc(F)c([C@@H](O)C[C@@H]3CC[C@@H](NC(=O)/C=C/c4cc(F)ccc4F)[C@@H](CO)O3)c2c1. The van der Waals surface area contributed by atoms with Crippen molar-refractivity contribution < 1.29 is 37.7 Å². The van der Waals surface area contributed by atoms with Crippen molar-refractivity contribution >= 4 is 22.9 Å². The molecule has 4 rings (SSSR count). The number of rotatable bonds is 8. The maximum absolute atomic E-state index is 14.7. The van der Waals surface area contributed by atoms with Gasteiger partial charge in [0, 0.05) is 29.0 Å². The van der Waals surface area contributed by atoms with Gasteiger partial charge in [0.2, 0.25) is 5.91 Å². The van der Waals surface area contributed by atoms with Gasteiger partial charge in [0.1, 0.15) is 29.3 Å². The number of aliphatic hydroxyl groups excluding tert-OH is 2. The molecular weight excluding hydrogens is 489 g/mol. The fraction of sp³-hybridized carbons (Fsp3) is 0.333. The highest BCUT2D eigenvalue weighted by Gasteiger charge is 2.33. The summed E-state index contributed by atoms with van der Waals surface area (Å²) in [6, 6.07) is 7.35. The molecule has 196 valence electrons. The third-order valence-electron chi connectivity index (χ3n) is 6.38. The zero-order valence-electron chi connectivity index (χ0n) is 20.0. The molecule has 0 bridgehead atoms. The van der Waals surface area contributed by atoms with E-state index in [-0.39, 0.29) is 17.5 Å². The molecule has 0 spiro atoms. The second-order valence-corrected chi connectivity index (χ2v) is 8.83. The lowest BCUT2D eigenvalue weighted by atomic mass is 9.92. The number of methoxy groups -OCH3 is 1. The second-order valence-electron chi connectivity index (χ2n) is 8.83. The number of amides is 1. The zero-order chi connectivity index (χ0) is 26.5. The number of pyridine rings is 1. The number of fused-ring (bicyclic) bond motifs is 1. The monoisotopic (exact) mass is 516 g/mol. The molecule has 10 heteroatoms. The van der Waals surface area contributed by atoms with Crippen LogP contribution in [0.1, 0.15) is 36.5 Å². The summed E-state index contributed by atoms with van der Waals surface area (Å²) in [5.41, 5.74) is 0.512. The molecule has 3 aromatic rings. The van der Waals surface area contributed by atoms with E-state index in [1.54, 1.807) is 18.2 Å².